The zero-order valence-corrected chi connectivity index (χ0v) is 10.7. The van der Waals surface area contributed by atoms with Gasteiger partial charge in [-0.05, 0) is 12.0 Å². The van der Waals surface area contributed by atoms with Crippen LogP contribution in [0.1, 0.15) is 23.8 Å². The first-order chi connectivity index (χ1) is 9.02. The van der Waals surface area contributed by atoms with Crippen LogP contribution in [0.15, 0.2) is 30.3 Å². The number of carbonyl (C=O) groups excluding carboxylic acids is 2. The SMILES string of the molecule is O=C(O)C1CCC(=O)N1C(=O)C(Cl)c1ccccc1. The van der Waals surface area contributed by atoms with E-state index in [2.05, 4.69) is 0 Å². The second-order valence-electron chi connectivity index (χ2n) is 4.27. The van der Waals surface area contributed by atoms with Crippen LogP contribution in [0, 0.1) is 0 Å². The predicted octanol–water partition coefficient (Wildman–Crippen LogP) is 1.57. The van der Waals surface area contributed by atoms with Crippen LogP contribution in [0.3, 0.4) is 0 Å². The molecule has 2 rings (SSSR count). The molecule has 1 aliphatic rings. The average Bonchev–Trinajstić information content (AvgIpc) is 2.80. The summed E-state index contributed by atoms with van der Waals surface area (Å²) in [6.45, 7) is 0. The smallest absolute Gasteiger partial charge is 0.326 e. The molecule has 1 saturated heterocycles. The molecule has 1 aliphatic heterocycles. The Labute approximate surface area is 114 Å². The topological polar surface area (TPSA) is 74.7 Å². The Balaban J connectivity index is 2.23. The molecule has 0 bridgehead atoms. The summed E-state index contributed by atoms with van der Waals surface area (Å²) in [6, 6.07) is 7.43. The lowest BCUT2D eigenvalue weighted by Gasteiger charge is -2.22. The first-order valence-electron chi connectivity index (χ1n) is 5.80. The number of halogens is 1. The molecule has 19 heavy (non-hydrogen) atoms. The monoisotopic (exact) mass is 281 g/mol. The number of nitrogens with zero attached hydrogens (tertiary/aromatic N) is 1. The summed E-state index contributed by atoms with van der Waals surface area (Å²) < 4.78 is 0. The molecule has 0 aliphatic carbocycles. The van der Waals surface area contributed by atoms with Gasteiger partial charge in [0.05, 0.1) is 0 Å². The summed E-state index contributed by atoms with van der Waals surface area (Å²) in [5.74, 6) is -2.35. The number of likely N-dealkylation sites (tertiary alicyclic amines) is 1. The van der Waals surface area contributed by atoms with Gasteiger partial charge >= 0.3 is 5.97 Å². The van der Waals surface area contributed by atoms with Crippen LogP contribution in [0.25, 0.3) is 0 Å². The van der Waals surface area contributed by atoms with Gasteiger partial charge in [-0.15, -0.1) is 11.6 Å². The van der Waals surface area contributed by atoms with Crippen molar-refractivity contribution in [3.8, 4) is 0 Å². The van der Waals surface area contributed by atoms with E-state index in [1.807, 2.05) is 0 Å². The van der Waals surface area contributed by atoms with E-state index in [1.54, 1.807) is 30.3 Å². The highest BCUT2D eigenvalue weighted by Gasteiger charge is 2.42. The third kappa shape index (κ3) is 2.61. The van der Waals surface area contributed by atoms with Crippen LogP contribution in [-0.4, -0.2) is 33.8 Å². The first kappa shape index (κ1) is 13.5. The quantitative estimate of drug-likeness (QED) is 0.854. The maximum Gasteiger partial charge on any atom is 0.326 e. The molecule has 1 heterocycles. The third-order valence-electron chi connectivity index (χ3n) is 3.04. The van der Waals surface area contributed by atoms with E-state index in [-0.39, 0.29) is 12.8 Å². The number of hydrogen-bond donors (Lipinski definition) is 1. The minimum absolute atomic E-state index is 0.0567. The molecular weight excluding hydrogens is 270 g/mol. The molecule has 2 unspecified atom stereocenters. The van der Waals surface area contributed by atoms with E-state index in [0.717, 1.165) is 4.90 Å². The van der Waals surface area contributed by atoms with E-state index in [9.17, 15) is 14.4 Å². The lowest BCUT2D eigenvalue weighted by atomic mass is 10.1. The Hall–Kier alpha value is -1.88. The van der Waals surface area contributed by atoms with Crippen LogP contribution in [0.4, 0.5) is 0 Å². The molecule has 100 valence electrons. The molecule has 1 fully saturated rings. The highest BCUT2D eigenvalue weighted by Crippen LogP contribution is 2.28. The molecule has 1 aromatic carbocycles. The molecule has 0 spiro atoms. The number of benzene rings is 1. The molecule has 5 nitrogen and oxygen atoms in total. The van der Waals surface area contributed by atoms with Crippen molar-refractivity contribution in [2.24, 2.45) is 0 Å². The largest absolute Gasteiger partial charge is 0.480 e. The molecule has 1 N–H and O–H groups in total. The standard InChI is InChI=1S/C13H12ClNO4/c14-11(8-4-2-1-3-5-8)12(17)15-9(13(18)19)6-7-10(15)16/h1-5,9,11H,6-7H2,(H,18,19). The minimum atomic E-state index is -1.18. The van der Waals surface area contributed by atoms with Crippen molar-refractivity contribution in [1.29, 1.82) is 0 Å². The lowest BCUT2D eigenvalue weighted by Crippen LogP contribution is -2.44. The maximum atomic E-state index is 12.2. The maximum absolute atomic E-state index is 12.2. The van der Waals surface area contributed by atoms with Gasteiger partial charge in [-0.1, -0.05) is 30.3 Å². The lowest BCUT2D eigenvalue weighted by molar-refractivity contribution is -0.153. The number of hydrogen-bond acceptors (Lipinski definition) is 3. The molecule has 2 atom stereocenters. The van der Waals surface area contributed by atoms with Crippen LogP contribution >= 0.6 is 11.6 Å². The van der Waals surface area contributed by atoms with Gasteiger partial charge in [0.1, 0.15) is 11.4 Å². The second-order valence-corrected chi connectivity index (χ2v) is 4.70. The fraction of sp³-hybridized carbons (Fsp3) is 0.308. The van der Waals surface area contributed by atoms with Gasteiger partial charge in [0.2, 0.25) is 5.91 Å². The zero-order chi connectivity index (χ0) is 14.0. The summed E-state index contributed by atoms with van der Waals surface area (Å²) in [4.78, 5) is 35.6. The highest BCUT2D eigenvalue weighted by atomic mass is 35.5. The van der Waals surface area contributed by atoms with Crippen molar-refractivity contribution in [2.45, 2.75) is 24.3 Å². The number of imide groups is 1. The Morgan fingerprint density at radius 3 is 2.53 bits per heavy atom. The predicted molar refractivity (Wildman–Crippen MR) is 67.5 cm³/mol. The Morgan fingerprint density at radius 2 is 1.95 bits per heavy atom. The number of carboxylic acids is 1. The van der Waals surface area contributed by atoms with Crippen LogP contribution < -0.4 is 0 Å². The van der Waals surface area contributed by atoms with Crippen molar-refractivity contribution in [2.75, 3.05) is 0 Å². The molecular formula is C13H12ClNO4. The second kappa shape index (κ2) is 5.40. The minimum Gasteiger partial charge on any atom is -0.480 e. The average molecular weight is 282 g/mol. The fourth-order valence-corrected chi connectivity index (χ4v) is 2.33. The number of aliphatic carboxylic acids is 1. The van der Waals surface area contributed by atoms with Gasteiger partial charge in [-0.25, -0.2) is 4.79 Å². The van der Waals surface area contributed by atoms with Gasteiger partial charge in [0.15, 0.2) is 0 Å². The van der Waals surface area contributed by atoms with Crippen LogP contribution in [0.2, 0.25) is 0 Å². The number of carboxylic acid groups (broad SMARTS) is 1. The van der Waals surface area contributed by atoms with Crippen molar-refractivity contribution < 1.29 is 19.5 Å². The molecule has 0 radical (unpaired) electrons. The van der Waals surface area contributed by atoms with Crippen LogP contribution in [-0.2, 0) is 14.4 Å². The summed E-state index contributed by atoms with van der Waals surface area (Å²) in [6.07, 6.45) is 0.194. The van der Waals surface area contributed by atoms with Gasteiger partial charge in [-0.3, -0.25) is 14.5 Å². The molecule has 0 saturated carbocycles. The van der Waals surface area contributed by atoms with E-state index < -0.39 is 29.2 Å². The molecule has 1 aromatic rings. The van der Waals surface area contributed by atoms with Gasteiger partial charge in [0, 0.05) is 6.42 Å². The number of carbonyl (C=O) groups is 3. The van der Waals surface area contributed by atoms with Crippen molar-refractivity contribution in [3.05, 3.63) is 35.9 Å². The number of alkyl halides is 1. The van der Waals surface area contributed by atoms with Gasteiger partial charge < -0.3 is 5.11 Å². The molecule has 2 amide bonds. The summed E-state index contributed by atoms with van der Waals surface area (Å²) in [7, 11) is 0. The van der Waals surface area contributed by atoms with Crippen molar-refractivity contribution >= 4 is 29.4 Å². The van der Waals surface area contributed by atoms with Crippen molar-refractivity contribution in [3.63, 3.8) is 0 Å². The summed E-state index contributed by atoms with van der Waals surface area (Å²) >= 11 is 6.04. The van der Waals surface area contributed by atoms with E-state index >= 15 is 0 Å². The Kier molecular flexibility index (Phi) is 3.85. The van der Waals surface area contributed by atoms with E-state index in [1.165, 1.54) is 0 Å². The molecule has 0 aromatic heterocycles. The number of rotatable bonds is 3. The normalized spacial score (nSPS) is 20.4. The fourth-order valence-electron chi connectivity index (χ4n) is 2.08. The van der Waals surface area contributed by atoms with Gasteiger partial charge in [-0.2, -0.15) is 0 Å². The van der Waals surface area contributed by atoms with Crippen molar-refractivity contribution in [1.82, 2.24) is 4.90 Å². The van der Waals surface area contributed by atoms with Gasteiger partial charge in [0.25, 0.3) is 5.91 Å². The number of amides is 2. The molecule has 6 heteroatoms. The Bertz CT molecular complexity index is 517. The van der Waals surface area contributed by atoms with E-state index in [4.69, 9.17) is 16.7 Å². The summed E-state index contributed by atoms with van der Waals surface area (Å²) in [5.41, 5.74) is 0.540. The highest BCUT2D eigenvalue weighted by molar-refractivity contribution is 6.32. The Morgan fingerprint density at radius 1 is 1.32 bits per heavy atom. The zero-order valence-electron chi connectivity index (χ0n) is 9.95. The van der Waals surface area contributed by atoms with E-state index in [0.29, 0.717) is 5.56 Å². The summed E-state index contributed by atoms with van der Waals surface area (Å²) in [5, 5.41) is 7.96. The van der Waals surface area contributed by atoms with Crippen LogP contribution in [0.5, 0.6) is 0 Å². The first-order valence-corrected chi connectivity index (χ1v) is 6.23. The third-order valence-corrected chi connectivity index (χ3v) is 3.48.